The van der Waals surface area contributed by atoms with Crippen LogP contribution in [0.25, 0.3) is 0 Å². The fourth-order valence-corrected chi connectivity index (χ4v) is 4.66. The van der Waals surface area contributed by atoms with Crippen molar-refractivity contribution in [2.45, 2.75) is 43.5 Å². The highest BCUT2D eigenvalue weighted by Crippen LogP contribution is 2.28. The van der Waals surface area contributed by atoms with E-state index in [2.05, 4.69) is 17.9 Å². The molecule has 0 bridgehead atoms. The fraction of sp³-hybridized carbons (Fsp3) is 0.450. The number of carbonyl (C=O) groups excluding carboxylic acids is 1. The standard InChI is InChI=1S/C20H28N2O3S/c1-4-14-22(15-5-2)20(23)18-8-6-7-9-19(18)21-26(24,25)17-12-10-16(3)11-13-17/h4-5,10-13,18-19,21H,1-2,6-9,14-15H2,3H3/t18-,19-/m0/s1. The van der Waals surface area contributed by atoms with Crippen molar-refractivity contribution in [2.75, 3.05) is 13.1 Å². The summed E-state index contributed by atoms with van der Waals surface area (Å²) >= 11 is 0. The van der Waals surface area contributed by atoms with Gasteiger partial charge in [0.15, 0.2) is 0 Å². The molecule has 0 aliphatic heterocycles. The second-order valence-corrected chi connectivity index (χ2v) is 8.47. The summed E-state index contributed by atoms with van der Waals surface area (Å²) in [4.78, 5) is 14.9. The zero-order valence-corrected chi connectivity index (χ0v) is 16.2. The van der Waals surface area contributed by atoms with Crippen LogP contribution in [0.4, 0.5) is 0 Å². The van der Waals surface area contributed by atoms with E-state index in [0.29, 0.717) is 25.9 Å². The number of aryl methyl sites for hydroxylation is 1. The van der Waals surface area contributed by atoms with Gasteiger partial charge in [0, 0.05) is 19.1 Å². The van der Waals surface area contributed by atoms with Crippen molar-refractivity contribution in [1.82, 2.24) is 9.62 Å². The van der Waals surface area contributed by atoms with Gasteiger partial charge in [-0.05, 0) is 31.9 Å². The molecule has 0 aromatic heterocycles. The number of benzene rings is 1. The van der Waals surface area contributed by atoms with Crippen molar-refractivity contribution in [2.24, 2.45) is 5.92 Å². The summed E-state index contributed by atoms with van der Waals surface area (Å²) in [6.45, 7) is 10.2. The van der Waals surface area contributed by atoms with E-state index in [1.54, 1.807) is 41.3 Å². The van der Waals surface area contributed by atoms with E-state index in [4.69, 9.17) is 0 Å². The highest BCUT2D eigenvalue weighted by atomic mass is 32.2. The van der Waals surface area contributed by atoms with E-state index >= 15 is 0 Å². The summed E-state index contributed by atoms with van der Waals surface area (Å²) in [5, 5.41) is 0. The van der Waals surface area contributed by atoms with Crippen LogP contribution in [-0.2, 0) is 14.8 Å². The monoisotopic (exact) mass is 376 g/mol. The normalized spacial score (nSPS) is 20.3. The van der Waals surface area contributed by atoms with Gasteiger partial charge in [-0.3, -0.25) is 4.79 Å². The number of hydrogen-bond acceptors (Lipinski definition) is 3. The van der Waals surface area contributed by atoms with Gasteiger partial charge in [-0.15, -0.1) is 13.2 Å². The molecule has 2 atom stereocenters. The molecule has 1 N–H and O–H groups in total. The first-order valence-electron chi connectivity index (χ1n) is 8.98. The first-order chi connectivity index (χ1) is 12.4. The molecule has 1 aromatic rings. The smallest absolute Gasteiger partial charge is 0.240 e. The number of amides is 1. The van der Waals surface area contributed by atoms with Crippen molar-refractivity contribution >= 4 is 15.9 Å². The number of nitrogens with zero attached hydrogens (tertiary/aromatic N) is 1. The molecule has 1 amide bonds. The average Bonchev–Trinajstić information content (AvgIpc) is 2.61. The minimum atomic E-state index is -3.65. The van der Waals surface area contributed by atoms with E-state index in [-0.39, 0.29) is 22.8 Å². The summed E-state index contributed by atoms with van der Waals surface area (Å²) in [5.41, 5.74) is 0.999. The van der Waals surface area contributed by atoms with E-state index in [9.17, 15) is 13.2 Å². The van der Waals surface area contributed by atoms with Gasteiger partial charge in [-0.2, -0.15) is 0 Å². The van der Waals surface area contributed by atoms with Crippen LogP contribution in [0.2, 0.25) is 0 Å². The van der Waals surface area contributed by atoms with E-state index < -0.39 is 10.0 Å². The van der Waals surface area contributed by atoms with Crippen LogP contribution in [0.3, 0.4) is 0 Å². The average molecular weight is 377 g/mol. The molecule has 0 spiro atoms. The number of hydrogen-bond donors (Lipinski definition) is 1. The number of nitrogens with one attached hydrogen (secondary N) is 1. The zero-order valence-electron chi connectivity index (χ0n) is 15.4. The Kier molecular flexibility index (Phi) is 7.17. The molecule has 0 saturated heterocycles. The third kappa shape index (κ3) is 5.05. The van der Waals surface area contributed by atoms with Gasteiger partial charge in [0.25, 0.3) is 0 Å². The first kappa shape index (κ1) is 20.4. The van der Waals surface area contributed by atoms with Gasteiger partial charge < -0.3 is 4.90 Å². The maximum absolute atomic E-state index is 13.0. The molecule has 1 aliphatic carbocycles. The molecule has 1 aliphatic rings. The van der Waals surface area contributed by atoms with Crippen LogP contribution >= 0.6 is 0 Å². The Hall–Kier alpha value is -1.92. The van der Waals surface area contributed by atoms with Crippen LogP contribution in [0.15, 0.2) is 54.5 Å². The van der Waals surface area contributed by atoms with Gasteiger partial charge >= 0.3 is 0 Å². The quantitative estimate of drug-likeness (QED) is 0.709. The Morgan fingerprint density at radius 3 is 2.31 bits per heavy atom. The third-order valence-electron chi connectivity index (χ3n) is 4.73. The second kappa shape index (κ2) is 9.14. The lowest BCUT2D eigenvalue weighted by Crippen LogP contribution is -2.49. The molecule has 1 aromatic carbocycles. The number of sulfonamides is 1. The molecule has 1 saturated carbocycles. The molecule has 0 radical (unpaired) electrons. The van der Waals surface area contributed by atoms with Crippen molar-refractivity contribution < 1.29 is 13.2 Å². The molecule has 142 valence electrons. The molecule has 6 heteroatoms. The van der Waals surface area contributed by atoms with E-state index in [1.165, 1.54) is 0 Å². The third-order valence-corrected chi connectivity index (χ3v) is 6.24. The molecule has 2 rings (SSSR count). The predicted octanol–water partition coefficient (Wildman–Crippen LogP) is 3.03. The lowest BCUT2D eigenvalue weighted by atomic mass is 9.84. The SMILES string of the molecule is C=CCN(CC=C)C(=O)[C@H]1CCCC[C@@H]1NS(=O)(=O)c1ccc(C)cc1. The lowest BCUT2D eigenvalue weighted by molar-refractivity contribution is -0.136. The van der Waals surface area contributed by atoms with Crippen LogP contribution in [0.5, 0.6) is 0 Å². The Labute approximate surface area is 156 Å². The Bertz CT molecular complexity index is 731. The van der Waals surface area contributed by atoms with Crippen molar-refractivity contribution in [1.29, 1.82) is 0 Å². The van der Waals surface area contributed by atoms with E-state index in [0.717, 1.165) is 18.4 Å². The van der Waals surface area contributed by atoms with Gasteiger partial charge in [0.1, 0.15) is 0 Å². The van der Waals surface area contributed by atoms with Crippen molar-refractivity contribution in [3.63, 3.8) is 0 Å². The van der Waals surface area contributed by atoms with E-state index in [1.807, 2.05) is 6.92 Å². The highest BCUT2D eigenvalue weighted by Gasteiger charge is 2.35. The largest absolute Gasteiger partial charge is 0.335 e. The lowest BCUT2D eigenvalue weighted by Gasteiger charge is -2.34. The maximum Gasteiger partial charge on any atom is 0.240 e. The number of rotatable bonds is 8. The maximum atomic E-state index is 13.0. The van der Waals surface area contributed by atoms with Gasteiger partial charge in [0.05, 0.1) is 10.8 Å². The number of carbonyl (C=O) groups is 1. The van der Waals surface area contributed by atoms with Gasteiger partial charge in [0.2, 0.25) is 15.9 Å². The first-order valence-corrected chi connectivity index (χ1v) is 10.5. The minimum Gasteiger partial charge on any atom is -0.335 e. The van der Waals surface area contributed by atoms with Crippen LogP contribution < -0.4 is 4.72 Å². The molecule has 1 fully saturated rings. The summed E-state index contributed by atoms with van der Waals surface area (Å²) < 4.78 is 28.2. The Morgan fingerprint density at radius 1 is 1.15 bits per heavy atom. The molecular weight excluding hydrogens is 348 g/mol. The fourth-order valence-electron chi connectivity index (χ4n) is 3.35. The van der Waals surface area contributed by atoms with Gasteiger partial charge in [-0.1, -0.05) is 42.7 Å². The summed E-state index contributed by atoms with van der Waals surface area (Å²) in [6.07, 6.45) is 6.54. The predicted molar refractivity (Wildman–Crippen MR) is 104 cm³/mol. The van der Waals surface area contributed by atoms with Crippen molar-refractivity contribution in [3.8, 4) is 0 Å². The molecule has 0 unspecified atom stereocenters. The molecule has 0 heterocycles. The second-order valence-electron chi connectivity index (χ2n) is 6.75. The van der Waals surface area contributed by atoms with Crippen molar-refractivity contribution in [3.05, 3.63) is 55.1 Å². The Balaban J connectivity index is 2.19. The zero-order chi connectivity index (χ0) is 19.2. The Morgan fingerprint density at radius 2 is 1.73 bits per heavy atom. The molecule has 26 heavy (non-hydrogen) atoms. The summed E-state index contributed by atoms with van der Waals surface area (Å²) in [5.74, 6) is -0.398. The molecular formula is C20H28N2O3S. The summed E-state index contributed by atoms with van der Waals surface area (Å²) in [6, 6.07) is 6.35. The van der Waals surface area contributed by atoms with Crippen LogP contribution in [0.1, 0.15) is 31.2 Å². The van der Waals surface area contributed by atoms with Gasteiger partial charge in [-0.25, -0.2) is 13.1 Å². The van der Waals surface area contributed by atoms with Crippen LogP contribution in [-0.4, -0.2) is 38.4 Å². The van der Waals surface area contributed by atoms with Crippen LogP contribution in [0, 0.1) is 12.8 Å². The highest BCUT2D eigenvalue weighted by molar-refractivity contribution is 7.89. The molecule has 5 nitrogen and oxygen atoms in total. The minimum absolute atomic E-state index is 0.0406. The summed E-state index contributed by atoms with van der Waals surface area (Å²) in [7, 11) is -3.65. The topological polar surface area (TPSA) is 66.5 Å².